The van der Waals surface area contributed by atoms with Gasteiger partial charge in [-0.3, -0.25) is 20.3 Å². The molecule has 0 fully saturated rings. The van der Waals surface area contributed by atoms with E-state index >= 15 is 0 Å². The number of hydrazine groups is 1. The van der Waals surface area contributed by atoms with Crippen molar-refractivity contribution in [2.45, 2.75) is 13.8 Å². The molecule has 0 aliphatic rings. The van der Waals surface area contributed by atoms with Crippen LogP contribution in [-0.4, -0.2) is 16.9 Å². The summed E-state index contributed by atoms with van der Waals surface area (Å²) in [6, 6.07) is 19.8. The molecule has 3 rings (SSSR count). The number of nitrogens with one attached hydrogen (secondary N) is 2. The normalized spacial score (nSPS) is 7.95. The Hall–Kier alpha value is -7.06. The van der Waals surface area contributed by atoms with Crippen LogP contribution in [0.15, 0.2) is 60.7 Å². The highest BCUT2D eigenvalue weighted by molar-refractivity contribution is 6.07. The second-order valence-electron chi connectivity index (χ2n) is 7.74. The van der Waals surface area contributed by atoms with Crippen molar-refractivity contribution in [3.8, 4) is 101 Å². The Morgan fingerprint density at radius 1 is 0.667 bits per heavy atom. The molecule has 0 spiro atoms. The third-order valence-electron chi connectivity index (χ3n) is 5.02. The first-order valence-electron chi connectivity index (χ1n) is 12.1. The Morgan fingerprint density at radius 3 is 1.81 bits per heavy atom. The first-order valence-corrected chi connectivity index (χ1v) is 12.1. The van der Waals surface area contributed by atoms with E-state index in [4.69, 9.17) is 0 Å². The number of anilines is 2. The fraction of sp³-hybridized carbons (Fsp3) is 0.0556. The van der Waals surface area contributed by atoms with Gasteiger partial charge in [-0.05, 0) is 72.6 Å². The Balaban J connectivity index is 1.66. The lowest BCUT2D eigenvalue weighted by Gasteiger charge is -2.24. The summed E-state index contributed by atoms with van der Waals surface area (Å²) >= 11 is 0. The minimum atomic E-state index is -0.611. The van der Waals surface area contributed by atoms with E-state index in [1.54, 1.807) is 43.3 Å². The van der Waals surface area contributed by atoms with E-state index in [2.05, 4.69) is 106 Å². The zero-order valence-electron chi connectivity index (χ0n) is 22.5. The number of phenols is 1. The molecule has 42 heavy (non-hydrogen) atoms. The summed E-state index contributed by atoms with van der Waals surface area (Å²) < 4.78 is 0. The SMILES string of the molecule is CC#CC#CC#CC#CC#CC#CC#CC#CNC(=O)c1ccc2c(NN(C(C)=O)c3ccccc3)cccc2c1O. The van der Waals surface area contributed by atoms with Crippen molar-refractivity contribution < 1.29 is 14.7 Å². The van der Waals surface area contributed by atoms with Gasteiger partial charge in [0.25, 0.3) is 5.91 Å². The number of fused-ring (bicyclic) bond motifs is 1. The zero-order valence-corrected chi connectivity index (χ0v) is 22.5. The number of carbonyl (C=O) groups is 2. The van der Waals surface area contributed by atoms with Gasteiger partial charge in [-0.1, -0.05) is 42.3 Å². The number of benzene rings is 3. The summed E-state index contributed by atoms with van der Waals surface area (Å²) in [6.45, 7) is 3.12. The van der Waals surface area contributed by atoms with E-state index in [1.165, 1.54) is 18.0 Å². The van der Waals surface area contributed by atoms with Crippen molar-refractivity contribution in [2.75, 3.05) is 10.4 Å². The number of hydrogen-bond acceptors (Lipinski definition) is 4. The average molecular weight is 542 g/mol. The summed E-state index contributed by atoms with van der Waals surface area (Å²) in [6.07, 6.45) is 0. The maximum absolute atomic E-state index is 12.6. The number of aromatic hydroxyl groups is 1. The molecule has 0 aliphatic carbocycles. The van der Waals surface area contributed by atoms with E-state index in [1.807, 2.05) is 18.2 Å². The fourth-order valence-corrected chi connectivity index (χ4v) is 3.27. The van der Waals surface area contributed by atoms with E-state index in [-0.39, 0.29) is 17.2 Å². The van der Waals surface area contributed by atoms with Crippen molar-refractivity contribution in [3.63, 3.8) is 0 Å². The maximum atomic E-state index is 12.6. The molecule has 0 unspecified atom stereocenters. The molecule has 0 saturated carbocycles. The molecule has 0 atom stereocenters. The van der Waals surface area contributed by atoms with Crippen LogP contribution in [-0.2, 0) is 4.79 Å². The number of amides is 2. The molecule has 6 nitrogen and oxygen atoms in total. The van der Waals surface area contributed by atoms with E-state index < -0.39 is 5.91 Å². The monoisotopic (exact) mass is 541 g/mol. The smallest absolute Gasteiger partial charge is 0.266 e. The molecule has 0 aliphatic heterocycles. The highest BCUT2D eigenvalue weighted by Gasteiger charge is 2.17. The van der Waals surface area contributed by atoms with Crippen LogP contribution in [0.3, 0.4) is 0 Å². The minimum absolute atomic E-state index is 0.0240. The molecule has 0 radical (unpaired) electrons. The highest BCUT2D eigenvalue weighted by atomic mass is 16.3. The van der Waals surface area contributed by atoms with Gasteiger partial charge >= 0.3 is 0 Å². The van der Waals surface area contributed by atoms with Crippen molar-refractivity contribution in [1.82, 2.24) is 5.32 Å². The summed E-state index contributed by atoms with van der Waals surface area (Å²) in [4.78, 5) is 24.9. The van der Waals surface area contributed by atoms with Gasteiger partial charge in [-0.2, -0.15) is 0 Å². The van der Waals surface area contributed by atoms with Gasteiger partial charge in [0.2, 0.25) is 5.91 Å². The second-order valence-corrected chi connectivity index (χ2v) is 7.74. The summed E-state index contributed by atoms with van der Waals surface area (Å²) in [7, 11) is 0. The summed E-state index contributed by atoms with van der Waals surface area (Å²) in [5.41, 5.74) is 4.34. The van der Waals surface area contributed by atoms with E-state index in [0.29, 0.717) is 22.1 Å². The van der Waals surface area contributed by atoms with Crippen LogP contribution in [0.25, 0.3) is 10.8 Å². The van der Waals surface area contributed by atoms with Gasteiger partial charge in [0, 0.05) is 65.2 Å². The molecule has 0 saturated heterocycles. The topological polar surface area (TPSA) is 81.7 Å². The predicted octanol–water partition coefficient (Wildman–Crippen LogP) is 3.66. The zero-order chi connectivity index (χ0) is 30.0. The Morgan fingerprint density at radius 2 is 1.24 bits per heavy atom. The number of nitrogens with zero attached hydrogens (tertiary/aromatic N) is 1. The first kappa shape index (κ1) is 29.5. The molecule has 3 N–H and O–H groups in total. The standard InChI is InChI=1S/C36H19N3O3/c1-3-4-5-6-7-8-9-10-11-12-13-14-15-16-20-28-37-36(42)33-27-26-31-32(35(33)41)24-21-25-34(31)38-39(29(2)40)30-22-18-17-19-23-30/h17-19,21-27,38,41H,1-2H3,(H,37,42). The lowest BCUT2D eigenvalue weighted by Crippen LogP contribution is -2.34. The van der Waals surface area contributed by atoms with Gasteiger partial charge in [0.1, 0.15) is 5.75 Å². The van der Waals surface area contributed by atoms with Crippen molar-refractivity contribution in [1.29, 1.82) is 0 Å². The molecule has 3 aromatic carbocycles. The average Bonchev–Trinajstić information content (AvgIpc) is 3.00. The van der Waals surface area contributed by atoms with Crippen LogP contribution < -0.4 is 15.8 Å². The van der Waals surface area contributed by atoms with Gasteiger partial charge in [-0.15, -0.1) is 0 Å². The molecule has 0 bridgehead atoms. The summed E-state index contributed by atoms with van der Waals surface area (Å²) in [5.74, 6) is 36.5. The van der Waals surface area contributed by atoms with Crippen molar-refractivity contribution in [3.05, 3.63) is 66.2 Å². The molecule has 0 aromatic heterocycles. The highest BCUT2D eigenvalue weighted by Crippen LogP contribution is 2.33. The van der Waals surface area contributed by atoms with Crippen LogP contribution in [0.4, 0.5) is 11.4 Å². The third kappa shape index (κ3) is 8.76. The molecular formula is C36H19N3O3. The number of rotatable bonds is 4. The molecule has 6 heteroatoms. The van der Waals surface area contributed by atoms with E-state index in [9.17, 15) is 14.7 Å². The van der Waals surface area contributed by atoms with Crippen LogP contribution in [0.5, 0.6) is 5.75 Å². The molecule has 3 aromatic rings. The fourth-order valence-electron chi connectivity index (χ4n) is 3.27. The lowest BCUT2D eigenvalue weighted by atomic mass is 10.0. The van der Waals surface area contributed by atoms with Crippen LogP contribution in [0, 0.1) is 94.9 Å². The molecule has 196 valence electrons. The molecular weight excluding hydrogens is 522 g/mol. The van der Waals surface area contributed by atoms with Gasteiger partial charge in [0.05, 0.1) is 16.9 Å². The number of para-hydroxylation sites is 1. The predicted molar refractivity (Wildman–Crippen MR) is 164 cm³/mol. The van der Waals surface area contributed by atoms with Gasteiger partial charge in [0.15, 0.2) is 0 Å². The maximum Gasteiger partial charge on any atom is 0.266 e. The van der Waals surface area contributed by atoms with Gasteiger partial charge < -0.3 is 5.11 Å². The number of phenolic OH excluding ortho intramolecular Hbond substituents is 1. The van der Waals surface area contributed by atoms with Crippen molar-refractivity contribution >= 4 is 34.0 Å². The van der Waals surface area contributed by atoms with E-state index in [0.717, 1.165) is 0 Å². The van der Waals surface area contributed by atoms with Crippen LogP contribution in [0.2, 0.25) is 0 Å². The first-order chi connectivity index (χ1) is 20.5. The van der Waals surface area contributed by atoms with Crippen LogP contribution in [0.1, 0.15) is 24.2 Å². The summed E-state index contributed by atoms with van der Waals surface area (Å²) in [5, 5.41) is 15.6. The largest absolute Gasteiger partial charge is 0.506 e. The third-order valence-corrected chi connectivity index (χ3v) is 5.02. The Bertz CT molecular complexity index is 2050. The van der Waals surface area contributed by atoms with Crippen LogP contribution >= 0.6 is 0 Å². The number of hydrogen-bond donors (Lipinski definition) is 3. The molecule has 2 amide bonds. The Kier molecular flexibility index (Phi) is 11.3. The quantitative estimate of drug-likeness (QED) is 0.268. The Labute approximate surface area is 244 Å². The van der Waals surface area contributed by atoms with Gasteiger partial charge in [-0.25, -0.2) is 5.01 Å². The van der Waals surface area contributed by atoms with Crippen molar-refractivity contribution in [2.24, 2.45) is 0 Å². The number of carbonyl (C=O) groups excluding carboxylic acids is 2. The lowest BCUT2D eigenvalue weighted by molar-refractivity contribution is -0.116. The minimum Gasteiger partial charge on any atom is -0.506 e. The second kappa shape index (κ2) is 16.0. The molecule has 0 heterocycles.